The SMILES string of the molecule is CCOC(=O)NN=Cc1c(N)n(C)c(=O)n(C)c1=O. The Morgan fingerprint density at radius 2 is 2.05 bits per heavy atom. The summed E-state index contributed by atoms with van der Waals surface area (Å²) >= 11 is 0. The standard InChI is InChI=1S/C10H15N5O4/c1-4-19-9(17)13-12-5-6-7(11)14(2)10(18)15(3)8(6)16/h5H,4,11H2,1-3H3,(H,13,17). The van der Waals surface area contributed by atoms with Crippen molar-refractivity contribution in [2.45, 2.75) is 6.92 Å². The molecule has 1 aromatic heterocycles. The van der Waals surface area contributed by atoms with E-state index in [1.807, 2.05) is 0 Å². The van der Waals surface area contributed by atoms with Crippen molar-refractivity contribution in [3.05, 3.63) is 26.4 Å². The molecule has 9 heteroatoms. The molecule has 0 fully saturated rings. The van der Waals surface area contributed by atoms with E-state index in [1.165, 1.54) is 14.1 Å². The molecule has 0 spiro atoms. The van der Waals surface area contributed by atoms with Crippen LogP contribution >= 0.6 is 0 Å². The summed E-state index contributed by atoms with van der Waals surface area (Å²) in [7, 11) is 2.74. The van der Waals surface area contributed by atoms with Crippen molar-refractivity contribution in [3.8, 4) is 0 Å². The molecule has 3 N–H and O–H groups in total. The minimum Gasteiger partial charge on any atom is -0.449 e. The van der Waals surface area contributed by atoms with E-state index in [0.717, 1.165) is 15.3 Å². The summed E-state index contributed by atoms with van der Waals surface area (Å²) < 4.78 is 6.57. The van der Waals surface area contributed by atoms with Crippen LogP contribution in [-0.4, -0.2) is 28.0 Å². The molecule has 1 rings (SSSR count). The van der Waals surface area contributed by atoms with Crippen molar-refractivity contribution in [3.63, 3.8) is 0 Å². The van der Waals surface area contributed by atoms with E-state index >= 15 is 0 Å². The topological polar surface area (TPSA) is 121 Å². The minimum absolute atomic E-state index is 0.00129. The molecule has 0 aliphatic heterocycles. The smallest absolute Gasteiger partial charge is 0.427 e. The van der Waals surface area contributed by atoms with Crippen molar-refractivity contribution in [1.29, 1.82) is 0 Å². The highest BCUT2D eigenvalue weighted by Crippen LogP contribution is 1.98. The maximum absolute atomic E-state index is 11.8. The summed E-state index contributed by atoms with van der Waals surface area (Å²) in [5, 5.41) is 3.54. The lowest BCUT2D eigenvalue weighted by Crippen LogP contribution is -2.40. The second-order valence-electron chi connectivity index (χ2n) is 3.60. The summed E-state index contributed by atoms with van der Waals surface area (Å²) in [6.07, 6.45) is 0.313. The van der Waals surface area contributed by atoms with E-state index in [9.17, 15) is 14.4 Å². The van der Waals surface area contributed by atoms with Gasteiger partial charge in [0.15, 0.2) is 0 Å². The van der Waals surface area contributed by atoms with Gasteiger partial charge in [0, 0.05) is 14.1 Å². The quantitative estimate of drug-likeness (QED) is 0.524. The Bertz CT molecular complexity index is 628. The van der Waals surface area contributed by atoms with Crippen molar-refractivity contribution in [2.24, 2.45) is 19.2 Å². The summed E-state index contributed by atoms with van der Waals surface area (Å²) in [4.78, 5) is 34.3. The van der Waals surface area contributed by atoms with Crippen molar-refractivity contribution < 1.29 is 9.53 Å². The highest BCUT2D eigenvalue weighted by molar-refractivity contribution is 5.85. The lowest BCUT2D eigenvalue weighted by atomic mass is 10.3. The van der Waals surface area contributed by atoms with Crippen molar-refractivity contribution in [1.82, 2.24) is 14.6 Å². The number of nitrogen functional groups attached to an aromatic ring is 1. The predicted molar refractivity (Wildman–Crippen MR) is 69.1 cm³/mol. The van der Waals surface area contributed by atoms with Crippen LogP contribution in [0.4, 0.5) is 10.6 Å². The third-order valence-corrected chi connectivity index (χ3v) is 2.37. The second kappa shape index (κ2) is 5.85. The number of nitrogens with two attached hydrogens (primary N) is 1. The normalized spacial score (nSPS) is 10.7. The van der Waals surface area contributed by atoms with Gasteiger partial charge in [-0.25, -0.2) is 15.0 Å². The summed E-state index contributed by atoms with van der Waals surface area (Å²) in [5.41, 5.74) is 6.56. The number of rotatable bonds is 3. The van der Waals surface area contributed by atoms with Gasteiger partial charge in [-0.2, -0.15) is 5.10 Å². The van der Waals surface area contributed by atoms with E-state index < -0.39 is 17.3 Å². The molecule has 1 heterocycles. The summed E-state index contributed by atoms with van der Waals surface area (Å²) in [6, 6.07) is 0. The number of ether oxygens (including phenoxy) is 1. The number of hydrogen-bond acceptors (Lipinski definition) is 6. The summed E-state index contributed by atoms with van der Waals surface area (Å²) in [6.45, 7) is 1.84. The van der Waals surface area contributed by atoms with Crippen LogP contribution in [0, 0.1) is 0 Å². The Kier molecular flexibility index (Phi) is 4.46. The van der Waals surface area contributed by atoms with E-state index in [0.29, 0.717) is 0 Å². The third kappa shape index (κ3) is 3.00. The Morgan fingerprint density at radius 3 is 2.63 bits per heavy atom. The molecule has 0 saturated heterocycles. The number of carbonyl (C=O) groups excluding carboxylic acids is 1. The van der Waals surface area contributed by atoms with Gasteiger partial charge in [-0.3, -0.25) is 13.9 Å². The molecule has 0 atom stereocenters. The van der Waals surface area contributed by atoms with E-state index in [-0.39, 0.29) is 18.0 Å². The Morgan fingerprint density at radius 1 is 1.42 bits per heavy atom. The van der Waals surface area contributed by atoms with Crippen molar-refractivity contribution >= 4 is 18.1 Å². The minimum atomic E-state index is -0.751. The van der Waals surface area contributed by atoms with E-state index in [4.69, 9.17) is 5.73 Å². The van der Waals surface area contributed by atoms with Gasteiger partial charge in [0.2, 0.25) is 0 Å². The lowest BCUT2D eigenvalue weighted by molar-refractivity contribution is 0.152. The predicted octanol–water partition coefficient (Wildman–Crippen LogP) is -1.25. The monoisotopic (exact) mass is 269 g/mol. The largest absolute Gasteiger partial charge is 0.449 e. The first-order valence-electron chi connectivity index (χ1n) is 5.41. The van der Waals surface area contributed by atoms with Gasteiger partial charge in [-0.05, 0) is 6.92 Å². The van der Waals surface area contributed by atoms with Gasteiger partial charge in [-0.1, -0.05) is 0 Å². The fraction of sp³-hybridized carbons (Fsp3) is 0.400. The van der Waals surface area contributed by atoms with Gasteiger partial charge in [-0.15, -0.1) is 0 Å². The maximum Gasteiger partial charge on any atom is 0.427 e. The van der Waals surface area contributed by atoms with Gasteiger partial charge in [0.1, 0.15) is 11.4 Å². The molecule has 1 aromatic rings. The number of carbonyl (C=O) groups is 1. The van der Waals surface area contributed by atoms with Crippen LogP contribution in [0.25, 0.3) is 0 Å². The molecular weight excluding hydrogens is 254 g/mol. The lowest BCUT2D eigenvalue weighted by Gasteiger charge is -2.08. The maximum atomic E-state index is 11.8. The molecule has 0 aliphatic rings. The van der Waals surface area contributed by atoms with Gasteiger partial charge >= 0.3 is 11.8 Å². The molecule has 0 aliphatic carbocycles. The third-order valence-electron chi connectivity index (χ3n) is 2.37. The number of aromatic nitrogens is 2. The molecule has 19 heavy (non-hydrogen) atoms. The number of nitrogens with one attached hydrogen (secondary N) is 1. The molecule has 0 aromatic carbocycles. The van der Waals surface area contributed by atoms with Crippen LogP contribution in [0.2, 0.25) is 0 Å². The van der Waals surface area contributed by atoms with Crippen LogP contribution < -0.4 is 22.4 Å². The molecule has 0 radical (unpaired) electrons. The zero-order valence-corrected chi connectivity index (χ0v) is 10.8. The number of nitrogens with zero attached hydrogens (tertiary/aromatic N) is 3. The van der Waals surface area contributed by atoms with E-state index in [2.05, 4.69) is 15.3 Å². The first-order chi connectivity index (χ1) is 8.90. The Labute approximate surface area is 108 Å². The van der Waals surface area contributed by atoms with E-state index in [1.54, 1.807) is 6.92 Å². The number of anilines is 1. The molecule has 0 bridgehead atoms. The zero-order chi connectivity index (χ0) is 14.6. The zero-order valence-electron chi connectivity index (χ0n) is 10.8. The Balaban J connectivity index is 3.10. The fourth-order valence-corrected chi connectivity index (χ4v) is 1.32. The van der Waals surface area contributed by atoms with Crippen LogP contribution in [0.15, 0.2) is 14.7 Å². The fourth-order valence-electron chi connectivity index (χ4n) is 1.32. The highest BCUT2D eigenvalue weighted by atomic mass is 16.5. The first kappa shape index (κ1) is 14.5. The average molecular weight is 269 g/mol. The molecule has 1 amide bonds. The van der Waals surface area contributed by atoms with Gasteiger partial charge in [0.05, 0.1) is 12.8 Å². The highest BCUT2D eigenvalue weighted by Gasteiger charge is 2.11. The van der Waals surface area contributed by atoms with Crippen molar-refractivity contribution in [2.75, 3.05) is 12.3 Å². The van der Waals surface area contributed by atoms with Crippen LogP contribution in [0.5, 0.6) is 0 Å². The van der Waals surface area contributed by atoms with Gasteiger partial charge < -0.3 is 10.5 Å². The molecule has 104 valence electrons. The molecule has 0 unspecified atom stereocenters. The molecule has 0 saturated carbocycles. The van der Waals surface area contributed by atoms with Crippen LogP contribution in [0.1, 0.15) is 12.5 Å². The van der Waals surface area contributed by atoms with Crippen LogP contribution in [0.3, 0.4) is 0 Å². The number of hydrazone groups is 1. The average Bonchev–Trinajstić information content (AvgIpc) is 2.38. The second-order valence-corrected chi connectivity index (χ2v) is 3.60. The molecular formula is C10H15N5O4. The molecule has 9 nitrogen and oxygen atoms in total. The van der Waals surface area contributed by atoms with Crippen LogP contribution in [-0.2, 0) is 18.8 Å². The Hall–Kier alpha value is -2.58. The first-order valence-corrected chi connectivity index (χ1v) is 5.41. The number of amides is 1. The number of hydrogen-bond donors (Lipinski definition) is 2. The van der Waals surface area contributed by atoms with Gasteiger partial charge in [0.25, 0.3) is 5.56 Å². The summed E-state index contributed by atoms with van der Waals surface area (Å²) in [5.74, 6) is -0.0393.